The molecule has 0 bridgehead atoms. The smallest absolute Gasteiger partial charge is 0.343 e. The van der Waals surface area contributed by atoms with Crippen LogP contribution in [0, 0.1) is 0 Å². The summed E-state index contributed by atoms with van der Waals surface area (Å²) in [6, 6.07) is 12.4. The van der Waals surface area contributed by atoms with Crippen LogP contribution in [0.1, 0.15) is 22.3 Å². The molecule has 11 heteroatoms. The third-order valence-corrected chi connectivity index (χ3v) is 7.24. The number of nitrogens with one attached hydrogen (secondary N) is 1. The van der Waals surface area contributed by atoms with Crippen LogP contribution in [0.5, 0.6) is 0 Å². The van der Waals surface area contributed by atoms with Crippen molar-refractivity contribution in [3.8, 4) is 0 Å². The number of carbonyl (C=O) groups is 1. The summed E-state index contributed by atoms with van der Waals surface area (Å²) in [6.45, 7) is 1.20. The molecule has 0 unspecified atom stereocenters. The van der Waals surface area contributed by atoms with Gasteiger partial charge in [-0.1, -0.05) is 23.7 Å². The maximum atomic E-state index is 13.0. The Morgan fingerprint density at radius 2 is 1.62 bits per heavy atom. The normalized spacial score (nSPS) is 16.5. The van der Waals surface area contributed by atoms with E-state index in [1.807, 2.05) is 24.3 Å². The van der Waals surface area contributed by atoms with E-state index in [0.717, 1.165) is 12.1 Å². The highest BCUT2D eigenvalue weighted by Crippen LogP contribution is 2.20. The number of sulfonamides is 1. The SMILES string of the molecule is O=C(NCC(F)(F)F)c1ccc(S(=O)(=O)N2CCCN(Cc3ccc(Cl)cc3)CC2)cc1. The molecule has 0 saturated carbocycles. The molecule has 1 amide bonds. The van der Waals surface area contributed by atoms with Gasteiger partial charge in [0.25, 0.3) is 5.91 Å². The zero-order chi connectivity index (χ0) is 23.4. The fraction of sp³-hybridized carbons (Fsp3) is 0.381. The largest absolute Gasteiger partial charge is 0.405 e. The second-order valence-corrected chi connectivity index (χ2v) is 9.86. The van der Waals surface area contributed by atoms with Crippen molar-refractivity contribution in [1.29, 1.82) is 0 Å². The number of hydrogen-bond acceptors (Lipinski definition) is 4. The molecule has 1 N–H and O–H groups in total. The first-order valence-corrected chi connectivity index (χ1v) is 11.8. The summed E-state index contributed by atoms with van der Waals surface area (Å²) in [5.74, 6) is -0.918. The van der Waals surface area contributed by atoms with Crippen LogP contribution < -0.4 is 5.32 Å². The molecular formula is C21H23ClF3N3O3S. The van der Waals surface area contributed by atoms with Crippen LogP contribution >= 0.6 is 11.6 Å². The number of benzene rings is 2. The van der Waals surface area contributed by atoms with Gasteiger partial charge in [0.05, 0.1) is 4.90 Å². The van der Waals surface area contributed by atoms with Gasteiger partial charge in [-0.15, -0.1) is 0 Å². The van der Waals surface area contributed by atoms with Crippen LogP contribution in [0.15, 0.2) is 53.4 Å². The Morgan fingerprint density at radius 3 is 2.25 bits per heavy atom. The molecule has 1 aliphatic rings. The molecule has 3 rings (SSSR count). The van der Waals surface area contributed by atoms with Crippen LogP contribution in [0.4, 0.5) is 13.2 Å². The molecule has 174 valence electrons. The number of carbonyl (C=O) groups excluding carboxylic acids is 1. The summed E-state index contributed by atoms with van der Waals surface area (Å²) >= 11 is 5.91. The molecular weight excluding hydrogens is 467 g/mol. The first-order chi connectivity index (χ1) is 15.0. The van der Waals surface area contributed by atoms with E-state index in [4.69, 9.17) is 11.6 Å². The lowest BCUT2D eigenvalue weighted by atomic mass is 10.2. The molecule has 0 aromatic heterocycles. The molecule has 1 heterocycles. The van der Waals surface area contributed by atoms with Gasteiger partial charge in [0.2, 0.25) is 10.0 Å². The highest BCUT2D eigenvalue weighted by molar-refractivity contribution is 7.89. The first kappa shape index (κ1) is 24.5. The fourth-order valence-electron chi connectivity index (χ4n) is 3.40. The van der Waals surface area contributed by atoms with Gasteiger partial charge in [0, 0.05) is 36.8 Å². The third kappa shape index (κ3) is 6.68. The molecule has 32 heavy (non-hydrogen) atoms. The predicted octanol–water partition coefficient (Wildman–Crippen LogP) is 3.53. The van der Waals surface area contributed by atoms with Crippen LogP contribution in [0.3, 0.4) is 0 Å². The van der Waals surface area contributed by atoms with Crippen LogP contribution in [-0.4, -0.2) is 62.4 Å². The lowest BCUT2D eigenvalue weighted by Gasteiger charge is -2.22. The first-order valence-electron chi connectivity index (χ1n) is 9.96. The Balaban J connectivity index is 1.62. The average molecular weight is 490 g/mol. The Bertz CT molecular complexity index is 1030. The van der Waals surface area contributed by atoms with Crippen molar-refractivity contribution in [3.63, 3.8) is 0 Å². The number of hydrogen-bond donors (Lipinski definition) is 1. The topological polar surface area (TPSA) is 69.7 Å². The molecule has 0 radical (unpaired) electrons. The van der Waals surface area contributed by atoms with Gasteiger partial charge in [-0.25, -0.2) is 8.42 Å². The zero-order valence-electron chi connectivity index (χ0n) is 17.1. The molecule has 0 atom stereocenters. The van der Waals surface area contributed by atoms with E-state index in [1.54, 1.807) is 5.32 Å². The lowest BCUT2D eigenvalue weighted by Crippen LogP contribution is -2.35. The van der Waals surface area contributed by atoms with E-state index >= 15 is 0 Å². The molecule has 2 aromatic rings. The van der Waals surface area contributed by atoms with Crippen molar-refractivity contribution >= 4 is 27.5 Å². The van der Waals surface area contributed by atoms with Gasteiger partial charge in [0.15, 0.2) is 0 Å². The third-order valence-electron chi connectivity index (χ3n) is 5.07. The van der Waals surface area contributed by atoms with E-state index < -0.39 is 28.7 Å². The summed E-state index contributed by atoms with van der Waals surface area (Å²) in [6.07, 6.45) is -3.86. The van der Waals surface area contributed by atoms with Crippen molar-refractivity contribution < 1.29 is 26.4 Å². The highest BCUT2D eigenvalue weighted by Gasteiger charge is 2.29. The van der Waals surface area contributed by atoms with E-state index in [2.05, 4.69) is 4.90 Å². The predicted molar refractivity (Wildman–Crippen MR) is 115 cm³/mol. The van der Waals surface area contributed by atoms with Crippen molar-refractivity contribution in [3.05, 3.63) is 64.7 Å². The van der Waals surface area contributed by atoms with E-state index in [-0.39, 0.29) is 10.5 Å². The molecule has 2 aromatic carbocycles. The van der Waals surface area contributed by atoms with Crippen molar-refractivity contribution in [2.45, 2.75) is 24.0 Å². The van der Waals surface area contributed by atoms with E-state index in [1.165, 1.54) is 28.6 Å². The average Bonchev–Trinajstić information content (AvgIpc) is 2.99. The lowest BCUT2D eigenvalue weighted by molar-refractivity contribution is -0.123. The minimum absolute atomic E-state index is 0.00368. The fourth-order valence-corrected chi connectivity index (χ4v) is 5.00. The standard InChI is InChI=1S/C21H23ClF3N3O3S/c22-18-6-2-16(3-7-18)14-27-10-1-11-28(13-12-27)32(30,31)19-8-4-17(5-9-19)20(29)26-15-21(23,24)25/h2-9H,1,10-15H2,(H,26,29). The molecule has 1 saturated heterocycles. The Labute approximate surface area is 190 Å². The molecule has 0 spiro atoms. The highest BCUT2D eigenvalue weighted by atomic mass is 35.5. The van der Waals surface area contributed by atoms with Gasteiger partial charge >= 0.3 is 6.18 Å². The quantitative estimate of drug-likeness (QED) is 0.674. The minimum atomic E-state index is -4.52. The molecule has 0 aliphatic carbocycles. The minimum Gasteiger partial charge on any atom is -0.343 e. The number of alkyl halides is 3. The van der Waals surface area contributed by atoms with Gasteiger partial charge < -0.3 is 5.32 Å². The van der Waals surface area contributed by atoms with E-state index in [9.17, 15) is 26.4 Å². The van der Waals surface area contributed by atoms with Crippen LogP contribution in [-0.2, 0) is 16.6 Å². The van der Waals surface area contributed by atoms with Gasteiger partial charge in [-0.2, -0.15) is 17.5 Å². The Kier molecular flexibility index (Phi) is 7.81. The Hall–Kier alpha value is -2.14. The van der Waals surface area contributed by atoms with Crippen LogP contribution in [0.2, 0.25) is 5.02 Å². The Morgan fingerprint density at radius 1 is 0.969 bits per heavy atom. The maximum absolute atomic E-state index is 13.0. The van der Waals surface area contributed by atoms with Gasteiger partial charge in [-0.05, 0) is 54.9 Å². The molecule has 1 fully saturated rings. The second-order valence-electron chi connectivity index (χ2n) is 7.48. The number of halogens is 4. The summed E-state index contributed by atoms with van der Waals surface area (Å²) < 4.78 is 64.2. The van der Waals surface area contributed by atoms with Crippen molar-refractivity contribution in [1.82, 2.24) is 14.5 Å². The van der Waals surface area contributed by atoms with Gasteiger partial charge in [-0.3, -0.25) is 9.69 Å². The van der Waals surface area contributed by atoms with Gasteiger partial charge in [0.1, 0.15) is 6.54 Å². The summed E-state index contributed by atoms with van der Waals surface area (Å²) in [5.41, 5.74) is 1.04. The number of rotatable bonds is 6. The summed E-state index contributed by atoms with van der Waals surface area (Å²) in [4.78, 5) is 14.0. The number of nitrogens with zero attached hydrogens (tertiary/aromatic N) is 2. The second kappa shape index (κ2) is 10.2. The van der Waals surface area contributed by atoms with Crippen LogP contribution in [0.25, 0.3) is 0 Å². The summed E-state index contributed by atoms with van der Waals surface area (Å²) in [7, 11) is -3.79. The van der Waals surface area contributed by atoms with Crippen molar-refractivity contribution in [2.24, 2.45) is 0 Å². The summed E-state index contributed by atoms with van der Waals surface area (Å²) in [5, 5.41) is 2.42. The maximum Gasteiger partial charge on any atom is 0.405 e. The van der Waals surface area contributed by atoms with Crippen molar-refractivity contribution in [2.75, 3.05) is 32.7 Å². The molecule has 6 nitrogen and oxygen atoms in total. The number of amides is 1. The monoisotopic (exact) mass is 489 g/mol. The molecule has 1 aliphatic heterocycles. The van der Waals surface area contributed by atoms with E-state index in [0.29, 0.717) is 37.6 Å². The zero-order valence-corrected chi connectivity index (χ0v) is 18.7.